The van der Waals surface area contributed by atoms with Crippen molar-refractivity contribution in [1.82, 2.24) is 5.32 Å². The Morgan fingerprint density at radius 3 is 2.00 bits per heavy atom. The predicted octanol–water partition coefficient (Wildman–Crippen LogP) is -0.530. The van der Waals surface area contributed by atoms with Gasteiger partial charge in [-0.3, -0.25) is 9.59 Å². The van der Waals surface area contributed by atoms with Crippen molar-refractivity contribution in [2.24, 2.45) is 0 Å². The summed E-state index contributed by atoms with van der Waals surface area (Å²) in [6.45, 7) is 1.37. The first-order valence-electron chi connectivity index (χ1n) is 2.95. The maximum absolute atomic E-state index is 10.1. The lowest BCUT2D eigenvalue weighted by atomic mass is 10.7. The van der Waals surface area contributed by atoms with Crippen molar-refractivity contribution >= 4 is 11.9 Å². The van der Waals surface area contributed by atoms with Gasteiger partial charge in [0.15, 0.2) is 0 Å². The molecule has 0 amide bonds. The first-order chi connectivity index (χ1) is 5.04. The Bertz CT molecular complexity index is 120. The van der Waals surface area contributed by atoms with Crippen LogP contribution in [0.3, 0.4) is 0 Å². The number of ether oxygens (including phenoxy) is 1. The topological polar surface area (TPSA) is 75.6 Å². The van der Waals surface area contributed by atoms with E-state index in [0.29, 0.717) is 0 Å². The lowest BCUT2D eigenvalue weighted by molar-refractivity contribution is -0.139. The fraction of sp³-hybridized carbons (Fsp3) is 0.667. The molecule has 11 heavy (non-hydrogen) atoms. The second-order valence-electron chi connectivity index (χ2n) is 1.63. The average Bonchev–Trinajstić information content (AvgIpc) is 1.87. The molecule has 0 saturated carbocycles. The van der Waals surface area contributed by atoms with Crippen LogP contribution in [0.2, 0.25) is 0 Å². The summed E-state index contributed by atoms with van der Waals surface area (Å²) in [4.78, 5) is 19.1. The average molecular weight is 163 g/mol. The van der Waals surface area contributed by atoms with E-state index in [-0.39, 0.29) is 12.5 Å². The van der Waals surface area contributed by atoms with Crippen LogP contribution in [-0.4, -0.2) is 37.7 Å². The number of carboxylic acids is 1. The molecule has 0 heterocycles. The molecule has 0 aliphatic heterocycles. The van der Waals surface area contributed by atoms with Crippen molar-refractivity contribution < 1.29 is 19.4 Å². The fourth-order valence-electron chi connectivity index (χ4n) is 0.217. The van der Waals surface area contributed by atoms with E-state index < -0.39 is 5.97 Å². The first-order valence-corrected chi connectivity index (χ1v) is 2.95. The molecule has 0 rings (SSSR count). The van der Waals surface area contributed by atoms with Crippen LogP contribution in [0.25, 0.3) is 0 Å². The summed E-state index contributed by atoms with van der Waals surface area (Å²) in [7, 11) is 3.05. The summed E-state index contributed by atoms with van der Waals surface area (Å²) in [6.07, 6.45) is 0. The number of rotatable bonds is 2. The monoisotopic (exact) mass is 163 g/mol. The highest BCUT2D eigenvalue weighted by molar-refractivity contribution is 5.71. The van der Waals surface area contributed by atoms with Crippen LogP contribution < -0.4 is 5.32 Å². The van der Waals surface area contributed by atoms with Crippen molar-refractivity contribution in [2.75, 3.05) is 20.7 Å². The Hall–Kier alpha value is -1.10. The van der Waals surface area contributed by atoms with Gasteiger partial charge in [-0.2, -0.15) is 0 Å². The van der Waals surface area contributed by atoms with Crippen LogP contribution in [0.4, 0.5) is 0 Å². The lowest BCUT2D eigenvalue weighted by Gasteiger charge is -1.93. The minimum Gasteiger partial charge on any atom is -0.481 e. The number of hydrogen-bond acceptors (Lipinski definition) is 4. The number of esters is 1. The summed E-state index contributed by atoms with van der Waals surface area (Å²) >= 11 is 0. The predicted molar refractivity (Wildman–Crippen MR) is 39.3 cm³/mol. The molecule has 0 fully saturated rings. The van der Waals surface area contributed by atoms with Gasteiger partial charge < -0.3 is 15.2 Å². The Morgan fingerprint density at radius 2 is 1.91 bits per heavy atom. The Labute approximate surface area is 65.4 Å². The van der Waals surface area contributed by atoms with Crippen LogP contribution in [0.15, 0.2) is 0 Å². The number of methoxy groups -OCH3 is 1. The van der Waals surface area contributed by atoms with Gasteiger partial charge in [-0.15, -0.1) is 0 Å². The third-order valence-corrected chi connectivity index (χ3v) is 0.549. The van der Waals surface area contributed by atoms with E-state index in [1.54, 1.807) is 7.05 Å². The summed E-state index contributed by atoms with van der Waals surface area (Å²) in [5, 5.41) is 10.1. The maximum Gasteiger partial charge on any atom is 0.319 e. The van der Waals surface area contributed by atoms with E-state index >= 15 is 0 Å². The minimum absolute atomic E-state index is 0.234. The van der Waals surface area contributed by atoms with Crippen molar-refractivity contribution in [3.8, 4) is 0 Å². The van der Waals surface area contributed by atoms with Gasteiger partial charge in [0.05, 0.1) is 13.7 Å². The Kier molecular flexibility index (Phi) is 10.2. The normalized spacial score (nSPS) is 7.55. The minimum atomic E-state index is -0.833. The van der Waals surface area contributed by atoms with Gasteiger partial charge in [0.1, 0.15) is 0 Å². The largest absolute Gasteiger partial charge is 0.481 e. The SMILES string of the molecule is CC(=O)O.CNCC(=O)OC. The van der Waals surface area contributed by atoms with Crippen LogP contribution in [-0.2, 0) is 14.3 Å². The highest BCUT2D eigenvalue weighted by Gasteiger charge is 1.91. The molecule has 66 valence electrons. The van der Waals surface area contributed by atoms with Crippen molar-refractivity contribution in [3.05, 3.63) is 0 Å². The number of aliphatic carboxylic acids is 1. The van der Waals surface area contributed by atoms with Gasteiger partial charge in [-0.05, 0) is 7.05 Å². The highest BCUT2D eigenvalue weighted by atomic mass is 16.5. The van der Waals surface area contributed by atoms with Crippen molar-refractivity contribution in [3.63, 3.8) is 0 Å². The molecule has 0 spiro atoms. The van der Waals surface area contributed by atoms with Crippen LogP contribution in [0, 0.1) is 0 Å². The summed E-state index contributed by atoms with van der Waals surface area (Å²) in [6, 6.07) is 0. The molecule has 5 nitrogen and oxygen atoms in total. The molecule has 0 aromatic rings. The van der Waals surface area contributed by atoms with E-state index in [9.17, 15) is 4.79 Å². The van der Waals surface area contributed by atoms with E-state index in [0.717, 1.165) is 6.92 Å². The van der Waals surface area contributed by atoms with Gasteiger partial charge >= 0.3 is 5.97 Å². The third-order valence-electron chi connectivity index (χ3n) is 0.549. The molecule has 0 bridgehead atoms. The molecule has 5 heteroatoms. The zero-order chi connectivity index (χ0) is 9.28. The molecule has 0 atom stereocenters. The number of nitrogens with one attached hydrogen (secondary N) is 1. The molecular weight excluding hydrogens is 150 g/mol. The number of hydrogen-bond donors (Lipinski definition) is 2. The molecule has 0 radical (unpaired) electrons. The lowest BCUT2D eigenvalue weighted by Crippen LogP contribution is -2.19. The summed E-state index contributed by atoms with van der Waals surface area (Å²) in [5.74, 6) is -1.07. The highest BCUT2D eigenvalue weighted by Crippen LogP contribution is 1.64. The number of likely N-dealkylation sites (N-methyl/N-ethyl adjacent to an activating group) is 1. The second kappa shape index (κ2) is 8.90. The van der Waals surface area contributed by atoms with E-state index in [1.165, 1.54) is 7.11 Å². The van der Waals surface area contributed by atoms with Crippen LogP contribution in [0.1, 0.15) is 6.92 Å². The third kappa shape index (κ3) is 27.9. The van der Waals surface area contributed by atoms with Gasteiger partial charge in [-0.25, -0.2) is 0 Å². The maximum atomic E-state index is 10.1. The van der Waals surface area contributed by atoms with Gasteiger partial charge in [-0.1, -0.05) is 0 Å². The summed E-state index contributed by atoms with van der Waals surface area (Å²) in [5.41, 5.74) is 0. The van der Waals surface area contributed by atoms with E-state index in [1.807, 2.05) is 0 Å². The number of carbonyl (C=O) groups excluding carboxylic acids is 1. The zero-order valence-corrected chi connectivity index (χ0v) is 6.88. The molecule has 2 N–H and O–H groups in total. The zero-order valence-electron chi connectivity index (χ0n) is 6.88. The first kappa shape index (κ1) is 12.6. The molecule has 0 aliphatic carbocycles. The fourth-order valence-corrected chi connectivity index (χ4v) is 0.217. The molecule has 0 aromatic heterocycles. The van der Waals surface area contributed by atoms with Crippen molar-refractivity contribution in [2.45, 2.75) is 6.92 Å². The summed E-state index contributed by atoms with van der Waals surface area (Å²) < 4.78 is 4.29. The van der Waals surface area contributed by atoms with Gasteiger partial charge in [0.25, 0.3) is 5.97 Å². The molecule has 0 aromatic carbocycles. The number of carbonyl (C=O) groups is 2. The van der Waals surface area contributed by atoms with Crippen LogP contribution >= 0.6 is 0 Å². The molecular formula is C6H13NO4. The van der Waals surface area contributed by atoms with E-state index in [4.69, 9.17) is 9.90 Å². The van der Waals surface area contributed by atoms with Crippen LogP contribution in [0.5, 0.6) is 0 Å². The number of carboxylic acid groups (broad SMARTS) is 1. The van der Waals surface area contributed by atoms with Gasteiger partial charge in [0, 0.05) is 6.92 Å². The smallest absolute Gasteiger partial charge is 0.319 e. The Morgan fingerprint density at radius 1 is 1.55 bits per heavy atom. The second-order valence-corrected chi connectivity index (χ2v) is 1.63. The standard InChI is InChI=1S/C4H9NO2.C2H4O2/c1-5-3-4(6)7-2;1-2(3)4/h5H,3H2,1-2H3;1H3,(H,3,4). The van der Waals surface area contributed by atoms with E-state index in [2.05, 4.69) is 10.1 Å². The quantitative estimate of drug-likeness (QED) is 0.535. The molecule has 0 aliphatic rings. The molecule has 0 unspecified atom stereocenters. The molecule has 0 saturated heterocycles. The van der Waals surface area contributed by atoms with Gasteiger partial charge in [0.2, 0.25) is 0 Å². The Balaban J connectivity index is 0. The van der Waals surface area contributed by atoms with Crippen molar-refractivity contribution in [1.29, 1.82) is 0 Å².